The van der Waals surface area contributed by atoms with Crippen LogP contribution >= 0.6 is 8.03 Å². The number of hydrogen-bond acceptors (Lipinski definition) is 3. The number of aliphatic hydroxyl groups is 1. The van der Waals surface area contributed by atoms with E-state index in [1.807, 2.05) is 0 Å². The molecule has 4 N–H and O–H groups in total. The Bertz CT molecular complexity index is 86.6. The topological polar surface area (TPSA) is 83.5 Å². The third-order valence-corrected chi connectivity index (χ3v) is 1.53. The third kappa shape index (κ3) is 3.04. The van der Waals surface area contributed by atoms with Crippen molar-refractivity contribution in [2.24, 2.45) is 5.73 Å². The molecule has 2 atom stereocenters. The van der Waals surface area contributed by atoms with Gasteiger partial charge in [0.1, 0.15) is 0 Å². The van der Waals surface area contributed by atoms with Gasteiger partial charge in [0, 0.05) is 13.0 Å². The molecular weight excluding hydrogens is 129 g/mol. The van der Waals surface area contributed by atoms with Gasteiger partial charge in [-0.25, -0.2) is 0 Å². The van der Waals surface area contributed by atoms with Gasteiger partial charge >= 0.3 is 8.03 Å². The molecule has 2 unspecified atom stereocenters. The Hall–Kier alpha value is -0.0200. The summed E-state index contributed by atoms with van der Waals surface area (Å²) in [7, 11) is -2.30. The second-order valence-electron chi connectivity index (χ2n) is 1.38. The maximum absolute atomic E-state index is 10.0. The zero-order chi connectivity index (χ0) is 6.57. The SMILES string of the molecule is NC(CCO)[P+](=O)O. The molecule has 48 valence electrons. The van der Waals surface area contributed by atoms with Crippen molar-refractivity contribution in [3.63, 3.8) is 0 Å². The van der Waals surface area contributed by atoms with Crippen molar-refractivity contribution < 1.29 is 14.6 Å². The summed E-state index contributed by atoms with van der Waals surface area (Å²) in [6, 6.07) is 0. The van der Waals surface area contributed by atoms with Crippen LogP contribution in [0.2, 0.25) is 0 Å². The first-order chi connectivity index (χ1) is 3.68. The summed E-state index contributed by atoms with van der Waals surface area (Å²) in [5.41, 5.74) is 5.03. The molecule has 0 bridgehead atoms. The normalized spacial score (nSPS) is 15.6. The molecule has 0 aromatic rings. The lowest BCUT2D eigenvalue weighted by atomic mass is 10.5. The van der Waals surface area contributed by atoms with Gasteiger partial charge in [-0.05, 0) is 4.57 Å². The number of hydrogen-bond donors (Lipinski definition) is 3. The van der Waals surface area contributed by atoms with Crippen molar-refractivity contribution in [2.45, 2.75) is 12.2 Å². The lowest BCUT2D eigenvalue weighted by molar-refractivity contribution is 0.284. The summed E-state index contributed by atoms with van der Waals surface area (Å²) < 4.78 is 10.0. The van der Waals surface area contributed by atoms with E-state index in [4.69, 9.17) is 15.7 Å². The van der Waals surface area contributed by atoms with Crippen LogP contribution in [-0.4, -0.2) is 22.4 Å². The Morgan fingerprint density at radius 1 is 1.75 bits per heavy atom. The molecule has 0 radical (unpaired) electrons. The van der Waals surface area contributed by atoms with Crippen molar-refractivity contribution in [2.75, 3.05) is 6.61 Å². The van der Waals surface area contributed by atoms with E-state index in [-0.39, 0.29) is 13.0 Å². The summed E-state index contributed by atoms with van der Waals surface area (Å²) in [5, 5.41) is 8.17. The highest BCUT2D eigenvalue weighted by molar-refractivity contribution is 7.38. The predicted octanol–water partition coefficient (Wildman–Crippen LogP) is -0.612. The van der Waals surface area contributed by atoms with E-state index in [1.54, 1.807) is 0 Å². The van der Waals surface area contributed by atoms with Crippen LogP contribution < -0.4 is 5.73 Å². The molecule has 4 nitrogen and oxygen atoms in total. The average molecular weight is 138 g/mol. The molecule has 0 spiro atoms. The minimum Gasteiger partial charge on any atom is -0.396 e. The van der Waals surface area contributed by atoms with E-state index in [1.165, 1.54) is 0 Å². The van der Waals surface area contributed by atoms with Crippen molar-refractivity contribution in [1.29, 1.82) is 0 Å². The molecule has 0 rings (SSSR count). The van der Waals surface area contributed by atoms with E-state index in [2.05, 4.69) is 0 Å². The van der Waals surface area contributed by atoms with Crippen molar-refractivity contribution in [3.8, 4) is 0 Å². The first-order valence-corrected chi connectivity index (χ1v) is 3.48. The van der Waals surface area contributed by atoms with Crippen LogP contribution in [0.15, 0.2) is 0 Å². The molecule has 0 heterocycles. The second-order valence-corrected chi connectivity index (χ2v) is 2.65. The Labute approximate surface area is 48.2 Å². The van der Waals surface area contributed by atoms with Crippen molar-refractivity contribution in [3.05, 3.63) is 0 Å². The average Bonchev–Trinajstić information content (AvgIpc) is 1.67. The molecule has 0 aromatic carbocycles. The van der Waals surface area contributed by atoms with Crippen LogP contribution in [0.3, 0.4) is 0 Å². The minimum atomic E-state index is -2.30. The smallest absolute Gasteiger partial charge is 0.396 e. The van der Waals surface area contributed by atoms with Crippen LogP contribution in [0.25, 0.3) is 0 Å². The lowest BCUT2D eigenvalue weighted by Crippen LogP contribution is -2.16. The Balaban J connectivity index is 3.32. The van der Waals surface area contributed by atoms with Gasteiger partial charge in [0.25, 0.3) is 0 Å². The van der Waals surface area contributed by atoms with Gasteiger partial charge in [-0.3, -0.25) is 5.73 Å². The largest absolute Gasteiger partial charge is 0.524 e. The van der Waals surface area contributed by atoms with Gasteiger partial charge in [0.2, 0.25) is 5.78 Å². The molecule has 0 saturated carbocycles. The minimum absolute atomic E-state index is 0.136. The molecule has 0 aliphatic rings. The fourth-order valence-corrected chi connectivity index (χ4v) is 0.579. The number of aliphatic hydroxyl groups excluding tert-OH is 1. The van der Waals surface area contributed by atoms with Gasteiger partial charge in [-0.15, -0.1) is 0 Å². The Kier molecular flexibility index (Phi) is 3.91. The summed E-state index contributed by atoms with van der Waals surface area (Å²) in [4.78, 5) is 8.23. The Morgan fingerprint density at radius 3 is 2.38 bits per heavy atom. The molecule has 0 aliphatic carbocycles. The van der Waals surface area contributed by atoms with Gasteiger partial charge in [-0.1, -0.05) is 0 Å². The predicted molar refractivity (Wildman–Crippen MR) is 29.5 cm³/mol. The van der Waals surface area contributed by atoms with E-state index < -0.39 is 13.8 Å². The summed E-state index contributed by atoms with van der Waals surface area (Å²) in [6.45, 7) is -0.136. The molecule has 5 heteroatoms. The standard InChI is InChI=1S/C3H8NO3P/c4-3(1-2-5)8(6)7/h3,5H,1-2,4H2/p+1. The molecule has 0 aliphatic heterocycles. The van der Waals surface area contributed by atoms with E-state index in [0.29, 0.717) is 0 Å². The molecular formula is C3H9NO3P+. The lowest BCUT2D eigenvalue weighted by Gasteiger charge is -1.89. The summed E-state index contributed by atoms with van der Waals surface area (Å²) >= 11 is 0. The maximum atomic E-state index is 10.0. The van der Waals surface area contributed by atoms with E-state index >= 15 is 0 Å². The summed E-state index contributed by atoms with van der Waals surface area (Å²) in [6.07, 6.45) is 0.186. The van der Waals surface area contributed by atoms with E-state index in [9.17, 15) is 4.57 Å². The highest BCUT2D eigenvalue weighted by Gasteiger charge is 2.22. The monoisotopic (exact) mass is 138 g/mol. The highest BCUT2D eigenvalue weighted by Crippen LogP contribution is 2.19. The van der Waals surface area contributed by atoms with Gasteiger partial charge < -0.3 is 5.11 Å². The van der Waals surface area contributed by atoms with Crippen LogP contribution in [0, 0.1) is 0 Å². The Morgan fingerprint density at radius 2 is 2.25 bits per heavy atom. The molecule has 0 saturated heterocycles. The fourth-order valence-electron chi connectivity index (χ4n) is 0.243. The van der Waals surface area contributed by atoms with E-state index in [0.717, 1.165) is 0 Å². The van der Waals surface area contributed by atoms with Gasteiger partial charge in [0.15, 0.2) is 0 Å². The zero-order valence-electron chi connectivity index (χ0n) is 4.32. The zero-order valence-corrected chi connectivity index (χ0v) is 5.21. The third-order valence-electron chi connectivity index (χ3n) is 0.709. The van der Waals surface area contributed by atoms with Gasteiger partial charge in [0.05, 0.1) is 0 Å². The number of nitrogens with two attached hydrogens (primary N) is 1. The number of rotatable bonds is 3. The van der Waals surface area contributed by atoms with Crippen molar-refractivity contribution in [1.82, 2.24) is 0 Å². The quantitative estimate of drug-likeness (QED) is 0.454. The molecule has 8 heavy (non-hydrogen) atoms. The first-order valence-electron chi connectivity index (χ1n) is 2.20. The molecule has 0 aromatic heterocycles. The van der Waals surface area contributed by atoms with Gasteiger partial charge in [-0.2, -0.15) is 4.89 Å². The first kappa shape index (κ1) is 7.98. The maximum Gasteiger partial charge on any atom is 0.524 e. The van der Waals surface area contributed by atoms with Crippen LogP contribution in [0.1, 0.15) is 6.42 Å². The van der Waals surface area contributed by atoms with Crippen LogP contribution in [0.4, 0.5) is 0 Å². The summed E-state index contributed by atoms with van der Waals surface area (Å²) in [5.74, 6) is -0.769. The molecule has 0 amide bonds. The fraction of sp³-hybridized carbons (Fsp3) is 1.00. The second kappa shape index (κ2) is 3.92. The van der Waals surface area contributed by atoms with Crippen LogP contribution in [-0.2, 0) is 4.57 Å². The van der Waals surface area contributed by atoms with Crippen LogP contribution in [0.5, 0.6) is 0 Å². The van der Waals surface area contributed by atoms with Crippen molar-refractivity contribution >= 4 is 8.03 Å². The molecule has 0 fully saturated rings. The highest BCUT2D eigenvalue weighted by atomic mass is 31.1.